The van der Waals surface area contributed by atoms with Gasteiger partial charge in [-0.1, -0.05) is 18.5 Å². The third-order valence-corrected chi connectivity index (χ3v) is 3.56. The van der Waals surface area contributed by atoms with Crippen LogP contribution in [-0.4, -0.2) is 30.4 Å². The lowest BCUT2D eigenvalue weighted by molar-refractivity contribution is -0.116. The third-order valence-electron chi connectivity index (χ3n) is 3.32. The van der Waals surface area contributed by atoms with E-state index in [1.54, 1.807) is 18.2 Å². The van der Waals surface area contributed by atoms with Gasteiger partial charge in [0, 0.05) is 24.0 Å². The van der Waals surface area contributed by atoms with Gasteiger partial charge in [-0.2, -0.15) is 0 Å². The van der Waals surface area contributed by atoms with Crippen LogP contribution in [0.15, 0.2) is 18.2 Å². The molecule has 0 aliphatic carbocycles. The molecule has 19 heavy (non-hydrogen) atoms. The third kappa shape index (κ3) is 5.09. The van der Waals surface area contributed by atoms with Gasteiger partial charge in [0.25, 0.3) is 0 Å². The molecule has 0 radical (unpaired) electrons. The van der Waals surface area contributed by atoms with Crippen molar-refractivity contribution in [3.63, 3.8) is 0 Å². The van der Waals surface area contributed by atoms with Gasteiger partial charge in [-0.25, -0.2) is 0 Å². The van der Waals surface area contributed by atoms with E-state index in [1.807, 2.05) is 7.05 Å². The number of rotatable bonds is 6. The monoisotopic (exact) mass is 283 g/mol. The topological polar surface area (TPSA) is 58.4 Å². The van der Waals surface area contributed by atoms with Crippen molar-refractivity contribution in [3.8, 4) is 0 Å². The molecular weight excluding hydrogens is 262 g/mol. The highest BCUT2D eigenvalue weighted by molar-refractivity contribution is 6.31. The smallest absolute Gasteiger partial charge is 0.225 e. The maximum absolute atomic E-state index is 11.9. The summed E-state index contributed by atoms with van der Waals surface area (Å²) in [6.45, 7) is 5.00. The lowest BCUT2D eigenvalue weighted by Gasteiger charge is -2.23. The molecule has 1 rings (SSSR count). The molecule has 0 fully saturated rings. The molecule has 1 amide bonds. The van der Waals surface area contributed by atoms with E-state index in [4.69, 9.17) is 17.3 Å². The summed E-state index contributed by atoms with van der Waals surface area (Å²) in [6, 6.07) is 5.52. The number of hydrogen-bond donors (Lipinski definition) is 2. The van der Waals surface area contributed by atoms with Gasteiger partial charge in [-0.3, -0.25) is 4.79 Å². The number of nitrogens with two attached hydrogens (primary N) is 1. The van der Waals surface area contributed by atoms with E-state index in [1.165, 1.54) is 0 Å². The SMILES string of the molecule is CCC(C)N(C)CCC(=O)Nc1cc(Cl)ccc1N. The molecule has 0 saturated heterocycles. The molecule has 0 aliphatic rings. The summed E-state index contributed by atoms with van der Waals surface area (Å²) in [6.07, 6.45) is 1.51. The fraction of sp³-hybridized carbons (Fsp3) is 0.500. The zero-order valence-electron chi connectivity index (χ0n) is 11.7. The molecule has 1 unspecified atom stereocenters. The zero-order chi connectivity index (χ0) is 14.4. The van der Waals surface area contributed by atoms with Gasteiger partial charge in [0.2, 0.25) is 5.91 Å². The summed E-state index contributed by atoms with van der Waals surface area (Å²) in [7, 11) is 2.02. The standard InChI is InChI=1S/C14H22ClN3O/c1-4-10(2)18(3)8-7-14(19)17-13-9-11(15)5-6-12(13)16/h5-6,9-10H,4,7-8,16H2,1-3H3,(H,17,19). The highest BCUT2D eigenvalue weighted by Gasteiger charge is 2.10. The van der Waals surface area contributed by atoms with Crippen molar-refractivity contribution in [2.75, 3.05) is 24.6 Å². The lowest BCUT2D eigenvalue weighted by Crippen LogP contribution is -2.31. The minimum atomic E-state index is -0.0517. The normalized spacial score (nSPS) is 12.5. The van der Waals surface area contributed by atoms with Gasteiger partial charge in [-0.05, 0) is 38.6 Å². The number of amides is 1. The Morgan fingerprint density at radius 2 is 2.21 bits per heavy atom. The van der Waals surface area contributed by atoms with Crippen LogP contribution in [0.1, 0.15) is 26.7 Å². The minimum absolute atomic E-state index is 0.0517. The second-order valence-electron chi connectivity index (χ2n) is 4.77. The van der Waals surface area contributed by atoms with Gasteiger partial charge < -0.3 is 16.0 Å². The fourth-order valence-electron chi connectivity index (χ4n) is 1.66. The lowest BCUT2D eigenvalue weighted by atomic mass is 10.2. The van der Waals surface area contributed by atoms with Crippen molar-refractivity contribution in [1.29, 1.82) is 0 Å². The molecule has 0 bridgehead atoms. The molecule has 4 nitrogen and oxygen atoms in total. The van der Waals surface area contributed by atoms with Crippen LogP contribution in [0, 0.1) is 0 Å². The number of halogens is 1. The van der Waals surface area contributed by atoms with E-state index < -0.39 is 0 Å². The van der Waals surface area contributed by atoms with Crippen LogP contribution >= 0.6 is 11.6 Å². The van der Waals surface area contributed by atoms with Gasteiger partial charge in [-0.15, -0.1) is 0 Å². The van der Waals surface area contributed by atoms with Crippen LogP contribution in [0.25, 0.3) is 0 Å². The van der Waals surface area contributed by atoms with Crippen LogP contribution in [0.2, 0.25) is 5.02 Å². The van der Waals surface area contributed by atoms with Crippen molar-refractivity contribution < 1.29 is 4.79 Å². The largest absolute Gasteiger partial charge is 0.397 e. The van der Waals surface area contributed by atoms with E-state index in [0.717, 1.165) is 13.0 Å². The molecule has 1 aromatic rings. The Labute approximate surface area is 119 Å². The first-order valence-electron chi connectivity index (χ1n) is 6.49. The number of nitrogen functional groups attached to an aromatic ring is 1. The number of nitrogens with zero attached hydrogens (tertiary/aromatic N) is 1. The quantitative estimate of drug-likeness (QED) is 0.789. The Kier molecular flexibility index (Phi) is 6.12. The number of anilines is 2. The zero-order valence-corrected chi connectivity index (χ0v) is 12.5. The molecule has 0 aliphatic heterocycles. The van der Waals surface area contributed by atoms with Crippen molar-refractivity contribution >= 4 is 28.9 Å². The molecule has 3 N–H and O–H groups in total. The van der Waals surface area contributed by atoms with E-state index >= 15 is 0 Å². The van der Waals surface area contributed by atoms with Crippen molar-refractivity contribution in [2.24, 2.45) is 0 Å². The summed E-state index contributed by atoms with van der Waals surface area (Å²) in [5.74, 6) is -0.0517. The molecule has 0 saturated carbocycles. The van der Waals surface area contributed by atoms with Crippen LogP contribution in [0.4, 0.5) is 11.4 Å². The summed E-state index contributed by atoms with van der Waals surface area (Å²) < 4.78 is 0. The molecule has 5 heteroatoms. The Morgan fingerprint density at radius 1 is 1.53 bits per heavy atom. The Hall–Kier alpha value is -1.26. The van der Waals surface area contributed by atoms with Gasteiger partial charge >= 0.3 is 0 Å². The second kappa shape index (κ2) is 7.36. The summed E-state index contributed by atoms with van der Waals surface area (Å²) >= 11 is 5.87. The van der Waals surface area contributed by atoms with E-state index in [9.17, 15) is 4.79 Å². The highest BCUT2D eigenvalue weighted by atomic mass is 35.5. The summed E-state index contributed by atoms with van der Waals surface area (Å²) in [5, 5.41) is 3.34. The van der Waals surface area contributed by atoms with Gasteiger partial charge in [0.05, 0.1) is 11.4 Å². The van der Waals surface area contributed by atoms with Crippen LogP contribution < -0.4 is 11.1 Å². The number of hydrogen-bond acceptors (Lipinski definition) is 3. The molecular formula is C14H22ClN3O. The summed E-state index contributed by atoms with van der Waals surface area (Å²) in [5.41, 5.74) is 6.87. The Bertz CT molecular complexity index is 437. The Balaban J connectivity index is 2.49. The van der Waals surface area contributed by atoms with Crippen LogP contribution in [-0.2, 0) is 4.79 Å². The first-order chi connectivity index (χ1) is 8.93. The minimum Gasteiger partial charge on any atom is -0.397 e. The molecule has 1 aromatic carbocycles. The summed E-state index contributed by atoms with van der Waals surface area (Å²) in [4.78, 5) is 14.0. The first kappa shape index (κ1) is 15.8. The number of nitrogens with one attached hydrogen (secondary N) is 1. The maximum atomic E-state index is 11.9. The van der Waals surface area contributed by atoms with Gasteiger partial charge in [0.15, 0.2) is 0 Å². The second-order valence-corrected chi connectivity index (χ2v) is 5.20. The fourth-order valence-corrected chi connectivity index (χ4v) is 1.83. The average molecular weight is 284 g/mol. The van der Waals surface area contributed by atoms with Gasteiger partial charge in [0.1, 0.15) is 0 Å². The van der Waals surface area contributed by atoms with E-state index in [2.05, 4.69) is 24.1 Å². The number of carbonyl (C=O) groups excluding carboxylic acids is 1. The maximum Gasteiger partial charge on any atom is 0.225 e. The average Bonchev–Trinajstić information content (AvgIpc) is 2.39. The van der Waals surface area contributed by atoms with Crippen molar-refractivity contribution in [1.82, 2.24) is 4.90 Å². The van der Waals surface area contributed by atoms with Crippen LogP contribution in [0.5, 0.6) is 0 Å². The van der Waals surface area contributed by atoms with E-state index in [0.29, 0.717) is 28.9 Å². The predicted molar refractivity (Wildman–Crippen MR) is 81.5 cm³/mol. The predicted octanol–water partition coefficient (Wildman–Crippen LogP) is 2.98. The van der Waals surface area contributed by atoms with Crippen LogP contribution in [0.3, 0.4) is 0 Å². The molecule has 1 atom stereocenters. The molecule has 0 aromatic heterocycles. The highest BCUT2D eigenvalue weighted by Crippen LogP contribution is 2.22. The van der Waals surface area contributed by atoms with Crippen molar-refractivity contribution in [2.45, 2.75) is 32.7 Å². The Morgan fingerprint density at radius 3 is 2.84 bits per heavy atom. The number of carbonyl (C=O) groups is 1. The first-order valence-corrected chi connectivity index (χ1v) is 6.87. The molecule has 106 valence electrons. The molecule has 0 heterocycles. The number of benzene rings is 1. The molecule has 0 spiro atoms. The van der Waals surface area contributed by atoms with E-state index in [-0.39, 0.29) is 5.91 Å². The van der Waals surface area contributed by atoms with Crippen molar-refractivity contribution in [3.05, 3.63) is 23.2 Å².